The van der Waals surface area contributed by atoms with Crippen LogP contribution in [-0.2, 0) is 19.7 Å². The number of aromatic nitrogens is 2. The van der Waals surface area contributed by atoms with Gasteiger partial charge in [-0.3, -0.25) is 4.68 Å². The smallest absolute Gasteiger partial charge is 0.161 e. The lowest BCUT2D eigenvalue weighted by atomic mass is 10.2. The largest absolute Gasteiger partial charge is 0.490 e. The van der Waals surface area contributed by atoms with Gasteiger partial charge in [0, 0.05) is 13.1 Å². The second kappa shape index (κ2) is 7.13. The average Bonchev–Trinajstić information content (AvgIpc) is 2.86. The Morgan fingerprint density at radius 3 is 2.62 bits per heavy atom. The summed E-state index contributed by atoms with van der Waals surface area (Å²) in [5.74, 6) is 1.47. The first-order valence-corrected chi connectivity index (χ1v) is 7.29. The van der Waals surface area contributed by atoms with Gasteiger partial charge in [0.15, 0.2) is 11.5 Å². The molecule has 0 fully saturated rings. The molecule has 2 N–H and O–H groups in total. The van der Waals surface area contributed by atoms with Gasteiger partial charge in [-0.2, -0.15) is 5.10 Å². The third-order valence-electron chi connectivity index (χ3n) is 3.20. The molecule has 5 nitrogen and oxygen atoms in total. The molecule has 0 bridgehead atoms. The monoisotopic (exact) mass is 289 g/mol. The van der Waals surface area contributed by atoms with E-state index in [1.165, 1.54) is 0 Å². The zero-order valence-corrected chi connectivity index (χ0v) is 12.9. The van der Waals surface area contributed by atoms with Crippen LogP contribution < -0.4 is 15.2 Å². The number of nitrogens with two attached hydrogens (primary N) is 1. The van der Waals surface area contributed by atoms with E-state index in [9.17, 15) is 0 Å². The summed E-state index contributed by atoms with van der Waals surface area (Å²) in [6, 6.07) is 7.84. The van der Waals surface area contributed by atoms with Crippen LogP contribution in [0.15, 0.2) is 24.3 Å². The van der Waals surface area contributed by atoms with E-state index in [-0.39, 0.29) is 0 Å². The summed E-state index contributed by atoms with van der Waals surface area (Å²) in [5.41, 5.74) is 8.75. The molecular formula is C16H23N3O2. The van der Waals surface area contributed by atoms with Crippen molar-refractivity contribution < 1.29 is 9.47 Å². The maximum atomic E-state index is 5.90. The summed E-state index contributed by atoms with van der Waals surface area (Å²) in [4.78, 5) is 0. The second-order valence-electron chi connectivity index (χ2n) is 4.80. The van der Waals surface area contributed by atoms with Crippen LogP contribution in [0.4, 0.5) is 0 Å². The van der Waals surface area contributed by atoms with Crippen molar-refractivity contribution in [3.8, 4) is 11.5 Å². The zero-order chi connectivity index (χ0) is 15.2. The summed E-state index contributed by atoms with van der Waals surface area (Å²) < 4.78 is 13.5. The maximum absolute atomic E-state index is 5.90. The lowest BCUT2D eigenvalue weighted by Gasteiger charge is -2.13. The van der Waals surface area contributed by atoms with Gasteiger partial charge in [0.25, 0.3) is 0 Å². The summed E-state index contributed by atoms with van der Waals surface area (Å²) in [7, 11) is 0. The zero-order valence-electron chi connectivity index (χ0n) is 12.9. The van der Waals surface area contributed by atoms with Crippen LogP contribution in [0.25, 0.3) is 0 Å². The molecule has 0 unspecified atom stereocenters. The minimum Gasteiger partial charge on any atom is -0.490 e. The first-order valence-electron chi connectivity index (χ1n) is 7.29. The van der Waals surface area contributed by atoms with Gasteiger partial charge < -0.3 is 15.2 Å². The van der Waals surface area contributed by atoms with Crippen molar-refractivity contribution in [3.63, 3.8) is 0 Å². The normalized spacial score (nSPS) is 10.7. The van der Waals surface area contributed by atoms with Crippen molar-refractivity contribution in [2.75, 3.05) is 6.61 Å². The van der Waals surface area contributed by atoms with E-state index >= 15 is 0 Å². The van der Waals surface area contributed by atoms with Gasteiger partial charge in [-0.05, 0) is 44.5 Å². The molecule has 0 aliphatic heterocycles. The van der Waals surface area contributed by atoms with Gasteiger partial charge in [0.1, 0.15) is 6.61 Å². The number of aryl methyl sites for hydroxylation is 2. The highest BCUT2D eigenvalue weighted by Crippen LogP contribution is 2.29. The standard InChI is InChI=1S/C16H23N3O2/c1-4-19-14(8-12(3)18-19)11-21-15-7-6-13(10-17)9-16(15)20-5-2/h6-9H,4-5,10-11,17H2,1-3H3. The molecule has 21 heavy (non-hydrogen) atoms. The van der Waals surface area contributed by atoms with Gasteiger partial charge in [0.2, 0.25) is 0 Å². The molecule has 1 aromatic carbocycles. The van der Waals surface area contributed by atoms with Gasteiger partial charge >= 0.3 is 0 Å². The number of benzene rings is 1. The molecule has 0 amide bonds. The molecule has 0 spiro atoms. The molecule has 0 aliphatic rings. The lowest BCUT2D eigenvalue weighted by molar-refractivity contribution is 0.261. The van der Waals surface area contributed by atoms with Crippen molar-refractivity contribution in [2.45, 2.75) is 40.5 Å². The summed E-state index contributed by atoms with van der Waals surface area (Å²) >= 11 is 0. The van der Waals surface area contributed by atoms with E-state index in [0.717, 1.165) is 35.0 Å². The van der Waals surface area contributed by atoms with Crippen LogP contribution in [0, 0.1) is 6.92 Å². The molecule has 0 saturated heterocycles. The van der Waals surface area contributed by atoms with E-state index in [4.69, 9.17) is 15.2 Å². The Hall–Kier alpha value is -2.01. The lowest BCUT2D eigenvalue weighted by Crippen LogP contribution is -2.07. The SMILES string of the molecule is CCOc1cc(CN)ccc1OCc1cc(C)nn1CC. The number of hydrogen-bond acceptors (Lipinski definition) is 4. The summed E-state index contributed by atoms with van der Waals surface area (Å²) in [5, 5.41) is 4.42. The molecule has 0 atom stereocenters. The van der Waals surface area contributed by atoms with Crippen LogP contribution >= 0.6 is 0 Å². The number of ether oxygens (including phenoxy) is 2. The number of hydrogen-bond donors (Lipinski definition) is 1. The van der Waals surface area contributed by atoms with Crippen molar-refractivity contribution >= 4 is 0 Å². The Labute approximate surface area is 125 Å². The number of rotatable bonds is 7. The molecule has 2 aromatic rings. The fraction of sp³-hybridized carbons (Fsp3) is 0.438. The van der Waals surface area contributed by atoms with Gasteiger partial charge in [-0.1, -0.05) is 6.07 Å². The molecule has 2 rings (SSSR count). The molecule has 1 aromatic heterocycles. The Morgan fingerprint density at radius 2 is 1.95 bits per heavy atom. The van der Waals surface area contributed by atoms with E-state index in [1.54, 1.807) is 0 Å². The van der Waals surface area contributed by atoms with E-state index in [0.29, 0.717) is 19.8 Å². The first-order chi connectivity index (χ1) is 10.2. The van der Waals surface area contributed by atoms with Crippen molar-refractivity contribution in [1.29, 1.82) is 0 Å². The third-order valence-corrected chi connectivity index (χ3v) is 3.20. The molecule has 0 radical (unpaired) electrons. The van der Waals surface area contributed by atoms with Crippen LogP contribution in [-0.4, -0.2) is 16.4 Å². The molecule has 5 heteroatoms. The van der Waals surface area contributed by atoms with Crippen LogP contribution in [0.5, 0.6) is 11.5 Å². The Kier molecular flexibility index (Phi) is 5.22. The third kappa shape index (κ3) is 3.76. The molecule has 114 valence electrons. The molecule has 0 saturated carbocycles. The van der Waals surface area contributed by atoms with Crippen molar-refractivity contribution in [2.24, 2.45) is 5.73 Å². The fourth-order valence-corrected chi connectivity index (χ4v) is 2.21. The summed E-state index contributed by atoms with van der Waals surface area (Å²) in [6.07, 6.45) is 0. The fourth-order valence-electron chi connectivity index (χ4n) is 2.21. The molecule has 0 aliphatic carbocycles. The average molecular weight is 289 g/mol. The van der Waals surface area contributed by atoms with E-state index in [1.807, 2.05) is 42.8 Å². The minimum absolute atomic E-state index is 0.469. The van der Waals surface area contributed by atoms with Crippen LogP contribution in [0.2, 0.25) is 0 Å². The second-order valence-corrected chi connectivity index (χ2v) is 4.80. The van der Waals surface area contributed by atoms with Crippen molar-refractivity contribution in [1.82, 2.24) is 9.78 Å². The highest BCUT2D eigenvalue weighted by atomic mass is 16.5. The maximum Gasteiger partial charge on any atom is 0.161 e. The van der Waals surface area contributed by atoms with Gasteiger partial charge in [-0.25, -0.2) is 0 Å². The Balaban J connectivity index is 2.15. The first kappa shape index (κ1) is 15.4. The van der Waals surface area contributed by atoms with Crippen LogP contribution in [0.3, 0.4) is 0 Å². The minimum atomic E-state index is 0.469. The topological polar surface area (TPSA) is 62.3 Å². The molecule has 1 heterocycles. The summed E-state index contributed by atoms with van der Waals surface area (Å²) in [6.45, 7) is 8.38. The van der Waals surface area contributed by atoms with Gasteiger partial charge in [0.05, 0.1) is 18.0 Å². The van der Waals surface area contributed by atoms with Crippen molar-refractivity contribution in [3.05, 3.63) is 41.2 Å². The van der Waals surface area contributed by atoms with Crippen LogP contribution in [0.1, 0.15) is 30.8 Å². The molecular weight excluding hydrogens is 266 g/mol. The number of nitrogens with zero attached hydrogens (tertiary/aromatic N) is 2. The van der Waals surface area contributed by atoms with E-state index < -0.39 is 0 Å². The van der Waals surface area contributed by atoms with Gasteiger partial charge in [-0.15, -0.1) is 0 Å². The predicted molar refractivity (Wildman–Crippen MR) is 82.5 cm³/mol. The Morgan fingerprint density at radius 1 is 1.14 bits per heavy atom. The quantitative estimate of drug-likeness (QED) is 0.851. The van der Waals surface area contributed by atoms with E-state index in [2.05, 4.69) is 12.0 Å². The predicted octanol–water partition coefficient (Wildman–Crippen LogP) is 2.65. The highest BCUT2D eigenvalue weighted by Gasteiger charge is 2.09. The highest BCUT2D eigenvalue weighted by molar-refractivity contribution is 5.43. The Bertz CT molecular complexity index is 593.